The van der Waals surface area contributed by atoms with Crippen LogP contribution in [0, 0.1) is 0 Å². The molecule has 6 heteroatoms. The molecule has 2 fully saturated rings. The molecule has 2 aliphatic rings. The largest absolute Gasteiger partial charge is 0.508 e. The van der Waals surface area contributed by atoms with Gasteiger partial charge in [0.2, 0.25) is 0 Å². The molecule has 1 aliphatic heterocycles. The van der Waals surface area contributed by atoms with E-state index in [1.54, 1.807) is 12.1 Å². The average molecular weight is 437 g/mol. The highest BCUT2D eigenvalue weighted by molar-refractivity contribution is 5.67. The first-order valence-electron chi connectivity index (χ1n) is 11.3. The summed E-state index contributed by atoms with van der Waals surface area (Å²) in [5, 5.41) is 25.1. The minimum Gasteiger partial charge on any atom is -0.508 e. The fraction of sp³-hybridized carbons (Fsp3) is 0.423. The van der Waals surface area contributed by atoms with Gasteiger partial charge in [-0.05, 0) is 55.5 Å². The summed E-state index contributed by atoms with van der Waals surface area (Å²) in [4.78, 5) is 14.7. The lowest BCUT2D eigenvalue weighted by Gasteiger charge is -2.58. The van der Waals surface area contributed by atoms with Crippen molar-refractivity contribution in [1.82, 2.24) is 10.2 Å². The summed E-state index contributed by atoms with van der Waals surface area (Å²) in [7, 11) is 0. The number of alkyl carbamates (subject to hydrolysis) is 1. The number of β-amino-alcohol motifs (C(OH)–C–C–N with tert-alkyl or cyclic N) is 1. The lowest BCUT2D eigenvalue weighted by Crippen LogP contribution is -2.67. The Balaban J connectivity index is 1.51. The zero-order valence-corrected chi connectivity index (χ0v) is 18.4. The van der Waals surface area contributed by atoms with Crippen LogP contribution in [0.1, 0.15) is 36.8 Å². The molecule has 3 N–H and O–H groups in total. The van der Waals surface area contributed by atoms with E-state index < -0.39 is 17.1 Å². The molecule has 0 bridgehead atoms. The van der Waals surface area contributed by atoms with E-state index in [2.05, 4.69) is 16.8 Å². The van der Waals surface area contributed by atoms with Gasteiger partial charge in [-0.2, -0.15) is 0 Å². The van der Waals surface area contributed by atoms with Gasteiger partial charge in [-0.25, -0.2) is 4.79 Å². The number of fused-ring (bicyclic) bond motifs is 1. The number of nitrogens with zero attached hydrogens (tertiary/aromatic N) is 1. The van der Waals surface area contributed by atoms with Crippen LogP contribution in [0.3, 0.4) is 0 Å². The Labute approximate surface area is 189 Å². The zero-order valence-electron chi connectivity index (χ0n) is 18.4. The van der Waals surface area contributed by atoms with Crippen molar-refractivity contribution >= 4 is 6.09 Å². The van der Waals surface area contributed by atoms with Crippen molar-refractivity contribution in [3.05, 3.63) is 78.4 Å². The summed E-state index contributed by atoms with van der Waals surface area (Å²) in [5.74, 6) is 0.185. The number of nitrogens with one attached hydrogen (secondary N) is 1. The molecule has 0 radical (unpaired) electrons. The number of likely N-dealkylation sites (tertiary alicyclic amines) is 1. The van der Waals surface area contributed by atoms with Crippen LogP contribution in [0.25, 0.3) is 0 Å². The second-order valence-corrected chi connectivity index (χ2v) is 9.08. The second-order valence-electron chi connectivity index (χ2n) is 9.08. The van der Waals surface area contributed by atoms with Crippen molar-refractivity contribution in [3.8, 4) is 5.75 Å². The summed E-state index contributed by atoms with van der Waals surface area (Å²) in [6, 6.07) is 16.7. The molecular weight excluding hydrogens is 404 g/mol. The molecule has 6 nitrogen and oxygen atoms in total. The van der Waals surface area contributed by atoms with Gasteiger partial charge in [0.05, 0.1) is 5.60 Å². The highest BCUT2D eigenvalue weighted by atomic mass is 16.5. The van der Waals surface area contributed by atoms with Crippen LogP contribution in [0.5, 0.6) is 5.75 Å². The first-order valence-corrected chi connectivity index (χ1v) is 11.3. The first kappa shape index (κ1) is 22.4. The molecule has 0 spiro atoms. The van der Waals surface area contributed by atoms with Crippen LogP contribution in [0.4, 0.5) is 4.79 Å². The van der Waals surface area contributed by atoms with E-state index in [1.807, 2.05) is 48.5 Å². The van der Waals surface area contributed by atoms with Crippen molar-refractivity contribution in [3.63, 3.8) is 0 Å². The number of piperidine rings is 1. The van der Waals surface area contributed by atoms with Crippen LogP contribution < -0.4 is 5.32 Å². The lowest BCUT2D eigenvalue weighted by atomic mass is 9.55. The fourth-order valence-electron chi connectivity index (χ4n) is 5.46. The molecular formula is C26H32N2O4. The SMILES string of the molecule is C=CCN1CCC2(c3cccc(O)c3)CC(NC(=O)OCc3ccccc3)CCC2(O)C1. The number of phenolic OH excluding ortho intramolecular Hbond substituents is 1. The summed E-state index contributed by atoms with van der Waals surface area (Å²) < 4.78 is 5.43. The molecule has 1 saturated heterocycles. The third-order valence-electron chi connectivity index (χ3n) is 7.05. The highest BCUT2D eigenvalue weighted by Gasteiger charge is 2.57. The number of ether oxygens (including phenoxy) is 1. The monoisotopic (exact) mass is 436 g/mol. The van der Waals surface area contributed by atoms with Crippen molar-refractivity contribution in [1.29, 1.82) is 0 Å². The molecule has 4 rings (SSSR count). The summed E-state index contributed by atoms with van der Waals surface area (Å²) in [6.45, 7) is 6.14. The van der Waals surface area contributed by atoms with Crippen LogP contribution in [-0.4, -0.2) is 52.5 Å². The molecule has 3 atom stereocenters. The van der Waals surface area contributed by atoms with Gasteiger partial charge in [-0.3, -0.25) is 4.90 Å². The van der Waals surface area contributed by atoms with Crippen molar-refractivity contribution in [2.45, 2.75) is 49.3 Å². The predicted molar refractivity (Wildman–Crippen MR) is 123 cm³/mol. The van der Waals surface area contributed by atoms with Crippen molar-refractivity contribution in [2.75, 3.05) is 19.6 Å². The summed E-state index contributed by atoms with van der Waals surface area (Å²) in [5.41, 5.74) is 0.349. The number of hydrogen-bond donors (Lipinski definition) is 3. The van der Waals surface area contributed by atoms with Gasteiger partial charge in [0.15, 0.2) is 0 Å². The maximum atomic E-state index is 12.5. The minimum atomic E-state index is -0.950. The van der Waals surface area contributed by atoms with Crippen LogP contribution in [-0.2, 0) is 16.8 Å². The van der Waals surface area contributed by atoms with E-state index >= 15 is 0 Å². The number of phenols is 1. The van der Waals surface area contributed by atoms with Gasteiger partial charge in [-0.15, -0.1) is 6.58 Å². The van der Waals surface area contributed by atoms with Gasteiger partial charge in [0.1, 0.15) is 12.4 Å². The Morgan fingerprint density at radius 1 is 1.22 bits per heavy atom. The zero-order chi connectivity index (χ0) is 22.6. The van der Waals surface area contributed by atoms with Crippen molar-refractivity contribution < 1.29 is 19.7 Å². The van der Waals surface area contributed by atoms with Gasteiger partial charge in [-0.1, -0.05) is 48.5 Å². The number of aliphatic hydroxyl groups is 1. The standard InChI is InChI=1S/C26H32N2O4/c1-2-14-28-15-13-25(21-9-6-10-23(29)16-21)17-22(11-12-26(25,31)19-28)27-24(30)32-18-20-7-4-3-5-8-20/h2-10,16,22,29,31H,1,11-15,17-19H2,(H,27,30). The molecule has 2 aromatic rings. The number of aromatic hydroxyl groups is 1. The minimum absolute atomic E-state index is 0.119. The normalized spacial score (nSPS) is 27.8. The fourth-order valence-corrected chi connectivity index (χ4v) is 5.46. The smallest absolute Gasteiger partial charge is 0.407 e. The topological polar surface area (TPSA) is 82.0 Å². The maximum Gasteiger partial charge on any atom is 0.407 e. The van der Waals surface area contributed by atoms with Crippen LogP contribution in [0.2, 0.25) is 0 Å². The molecule has 1 heterocycles. The van der Waals surface area contributed by atoms with E-state index in [0.717, 1.165) is 30.6 Å². The molecule has 1 saturated carbocycles. The molecule has 170 valence electrons. The van der Waals surface area contributed by atoms with Gasteiger partial charge in [0.25, 0.3) is 0 Å². The summed E-state index contributed by atoms with van der Waals surface area (Å²) in [6.07, 6.45) is 3.97. The van der Waals surface area contributed by atoms with Gasteiger partial charge < -0.3 is 20.3 Å². The molecule has 1 amide bonds. The third kappa shape index (κ3) is 4.52. The van der Waals surface area contributed by atoms with Gasteiger partial charge >= 0.3 is 6.09 Å². The Hall–Kier alpha value is -2.83. The Morgan fingerprint density at radius 3 is 2.78 bits per heavy atom. The molecule has 32 heavy (non-hydrogen) atoms. The molecule has 2 aromatic carbocycles. The number of amides is 1. The number of hydrogen-bond acceptors (Lipinski definition) is 5. The van der Waals surface area contributed by atoms with E-state index in [0.29, 0.717) is 25.8 Å². The number of rotatable bonds is 6. The Morgan fingerprint density at radius 2 is 2.03 bits per heavy atom. The van der Waals surface area contributed by atoms with Crippen LogP contribution in [0.15, 0.2) is 67.3 Å². The third-order valence-corrected chi connectivity index (χ3v) is 7.05. The van der Waals surface area contributed by atoms with E-state index in [1.165, 1.54) is 0 Å². The number of benzene rings is 2. The Bertz CT molecular complexity index is 950. The Kier molecular flexibility index (Phi) is 6.53. The molecule has 1 aliphatic carbocycles. The van der Waals surface area contributed by atoms with Crippen LogP contribution >= 0.6 is 0 Å². The van der Waals surface area contributed by atoms with Gasteiger partial charge in [0, 0.05) is 24.5 Å². The quantitative estimate of drug-likeness (QED) is 0.601. The highest BCUT2D eigenvalue weighted by Crippen LogP contribution is 2.52. The van der Waals surface area contributed by atoms with E-state index in [4.69, 9.17) is 4.74 Å². The van der Waals surface area contributed by atoms with Crippen molar-refractivity contribution in [2.24, 2.45) is 0 Å². The van der Waals surface area contributed by atoms with E-state index in [9.17, 15) is 15.0 Å². The lowest BCUT2D eigenvalue weighted by molar-refractivity contribution is -0.124. The predicted octanol–water partition coefficient (Wildman–Crippen LogP) is 3.73. The first-order chi connectivity index (χ1) is 15.4. The molecule has 3 unspecified atom stereocenters. The van der Waals surface area contributed by atoms with E-state index in [-0.39, 0.29) is 18.4 Å². The number of carbonyl (C=O) groups is 1. The maximum absolute atomic E-state index is 12.5. The number of carbonyl (C=O) groups excluding carboxylic acids is 1. The average Bonchev–Trinajstić information content (AvgIpc) is 2.79. The second kappa shape index (κ2) is 9.35. The summed E-state index contributed by atoms with van der Waals surface area (Å²) >= 11 is 0. The molecule has 0 aromatic heterocycles.